The normalized spacial score (nSPS) is 11.0. The molecule has 4 nitrogen and oxygen atoms in total. The molecule has 3 N–H and O–H groups in total. The lowest BCUT2D eigenvalue weighted by atomic mass is 10.0. The number of aromatic nitrogens is 1. The number of H-pyrrole nitrogens is 1. The van der Waals surface area contributed by atoms with Gasteiger partial charge in [-0.25, -0.2) is 0 Å². The predicted octanol–water partition coefficient (Wildman–Crippen LogP) is 3.50. The maximum absolute atomic E-state index is 5.90. The van der Waals surface area contributed by atoms with Gasteiger partial charge in [0, 0.05) is 36.3 Å². The fraction of sp³-hybridized carbons (Fsp3) is 0.222. The minimum Gasteiger partial charge on any atom is -0.496 e. The highest BCUT2D eigenvalue weighted by Crippen LogP contribution is 2.28. The number of rotatable bonds is 5. The Bertz CT molecular complexity index is 793. The van der Waals surface area contributed by atoms with Gasteiger partial charge in [-0.1, -0.05) is 12.1 Å². The van der Waals surface area contributed by atoms with Crippen LogP contribution in [0.25, 0.3) is 10.9 Å². The Kier molecular flexibility index (Phi) is 4.02. The quantitative estimate of drug-likeness (QED) is 0.708. The first kappa shape index (κ1) is 14.5. The lowest BCUT2D eigenvalue weighted by molar-refractivity contribution is 0.184. The number of hydrogen-bond donors (Lipinski definition) is 2. The van der Waals surface area contributed by atoms with Crippen molar-refractivity contribution in [2.45, 2.75) is 13.0 Å². The summed E-state index contributed by atoms with van der Waals surface area (Å²) in [5, 5.41) is 1.16. The molecular weight excluding hydrogens is 276 g/mol. The van der Waals surface area contributed by atoms with E-state index in [1.165, 1.54) is 5.56 Å². The smallest absolute Gasteiger partial charge is 0.122 e. The molecule has 0 atom stereocenters. The van der Waals surface area contributed by atoms with Crippen molar-refractivity contribution in [3.05, 3.63) is 59.3 Å². The molecule has 0 aliphatic rings. The van der Waals surface area contributed by atoms with Gasteiger partial charge in [-0.05, 0) is 41.0 Å². The molecule has 0 bridgehead atoms. The first-order valence-corrected chi connectivity index (χ1v) is 7.21. The first-order chi connectivity index (χ1) is 10.7. The number of nitrogen functional groups attached to an aromatic ring is 1. The van der Waals surface area contributed by atoms with E-state index in [0.29, 0.717) is 6.61 Å². The minimum absolute atomic E-state index is 0.584. The molecule has 0 fully saturated rings. The van der Waals surface area contributed by atoms with Gasteiger partial charge < -0.3 is 20.2 Å². The largest absolute Gasteiger partial charge is 0.496 e. The lowest BCUT2D eigenvalue weighted by Crippen LogP contribution is -1.96. The van der Waals surface area contributed by atoms with Crippen molar-refractivity contribution >= 4 is 16.6 Å². The van der Waals surface area contributed by atoms with Crippen molar-refractivity contribution < 1.29 is 9.47 Å². The summed E-state index contributed by atoms with van der Waals surface area (Å²) in [5.74, 6) is 0.882. The van der Waals surface area contributed by atoms with E-state index in [0.717, 1.165) is 39.9 Å². The molecular formula is C18H20N2O2. The van der Waals surface area contributed by atoms with Crippen LogP contribution in [-0.2, 0) is 17.8 Å². The standard InChI is InChI=1S/C18H20N2O2/c1-21-11-12-3-4-13(18(7-12)22-2)8-14-10-20-17-6-5-15(19)9-16(14)17/h3-7,9-10,20H,8,11,19H2,1-2H3. The van der Waals surface area contributed by atoms with E-state index in [9.17, 15) is 0 Å². The first-order valence-electron chi connectivity index (χ1n) is 7.21. The van der Waals surface area contributed by atoms with Gasteiger partial charge in [0.15, 0.2) is 0 Å². The average molecular weight is 296 g/mol. The Morgan fingerprint density at radius 1 is 1.05 bits per heavy atom. The van der Waals surface area contributed by atoms with Gasteiger partial charge in [0.1, 0.15) is 5.75 Å². The van der Waals surface area contributed by atoms with Crippen LogP contribution >= 0.6 is 0 Å². The highest BCUT2D eigenvalue weighted by atomic mass is 16.5. The van der Waals surface area contributed by atoms with Crippen LogP contribution in [0.1, 0.15) is 16.7 Å². The Labute approximate surface area is 129 Å². The molecule has 3 rings (SSSR count). The second-order valence-corrected chi connectivity index (χ2v) is 5.37. The predicted molar refractivity (Wildman–Crippen MR) is 89.2 cm³/mol. The average Bonchev–Trinajstić information content (AvgIpc) is 2.91. The number of fused-ring (bicyclic) bond motifs is 1. The zero-order valence-electron chi connectivity index (χ0n) is 12.8. The fourth-order valence-corrected chi connectivity index (χ4v) is 2.74. The van der Waals surface area contributed by atoms with Crippen molar-refractivity contribution in [2.75, 3.05) is 20.0 Å². The van der Waals surface area contributed by atoms with E-state index < -0.39 is 0 Å². The zero-order valence-corrected chi connectivity index (χ0v) is 12.8. The maximum Gasteiger partial charge on any atom is 0.122 e. The highest BCUT2D eigenvalue weighted by molar-refractivity contribution is 5.86. The van der Waals surface area contributed by atoms with Crippen LogP contribution in [0.2, 0.25) is 0 Å². The molecule has 0 unspecified atom stereocenters. The van der Waals surface area contributed by atoms with Crippen molar-refractivity contribution in [3.63, 3.8) is 0 Å². The van der Waals surface area contributed by atoms with Crippen LogP contribution in [0.15, 0.2) is 42.6 Å². The van der Waals surface area contributed by atoms with Gasteiger partial charge in [-0.3, -0.25) is 0 Å². The van der Waals surface area contributed by atoms with Gasteiger partial charge in [0.25, 0.3) is 0 Å². The summed E-state index contributed by atoms with van der Waals surface area (Å²) in [7, 11) is 3.39. The summed E-state index contributed by atoms with van der Waals surface area (Å²) in [6.45, 7) is 0.584. The topological polar surface area (TPSA) is 60.3 Å². The number of ether oxygens (including phenoxy) is 2. The van der Waals surface area contributed by atoms with Crippen LogP contribution in [0.5, 0.6) is 5.75 Å². The van der Waals surface area contributed by atoms with Crippen LogP contribution < -0.4 is 10.5 Å². The van der Waals surface area contributed by atoms with E-state index in [-0.39, 0.29) is 0 Å². The van der Waals surface area contributed by atoms with Gasteiger partial charge in [-0.2, -0.15) is 0 Å². The number of aromatic amines is 1. The third kappa shape index (κ3) is 2.78. The van der Waals surface area contributed by atoms with Gasteiger partial charge in [0.2, 0.25) is 0 Å². The van der Waals surface area contributed by atoms with Gasteiger partial charge >= 0.3 is 0 Å². The van der Waals surface area contributed by atoms with E-state index in [4.69, 9.17) is 15.2 Å². The Hall–Kier alpha value is -2.46. The molecule has 0 aliphatic heterocycles. The second-order valence-electron chi connectivity index (χ2n) is 5.37. The number of methoxy groups -OCH3 is 2. The third-order valence-electron chi connectivity index (χ3n) is 3.83. The Balaban J connectivity index is 1.95. The number of anilines is 1. The SMILES string of the molecule is COCc1ccc(Cc2c[nH]c3ccc(N)cc23)c(OC)c1. The molecule has 0 saturated heterocycles. The number of benzene rings is 2. The minimum atomic E-state index is 0.584. The van der Waals surface area contributed by atoms with Crippen molar-refractivity contribution in [3.8, 4) is 5.75 Å². The number of nitrogens with one attached hydrogen (secondary N) is 1. The fourth-order valence-electron chi connectivity index (χ4n) is 2.74. The lowest BCUT2D eigenvalue weighted by Gasteiger charge is -2.10. The summed E-state index contributed by atoms with van der Waals surface area (Å²) in [6, 6.07) is 12.1. The highest BCUT2D eigenvalue weighted by Gasteiger charge is 2.09. The van der Waals surface area contributed by atoms with Crippen molar-refractivity contribution in [1.82, 2.24) is 4.98 Å². The Morgan fingerprint density at radius 2 is 1.91 bits per heavy atom. The molecule has 0 aliphatic carbocycles. The molecule has 0 saturated carbocycles. The van der Waals surface area contributed by atoms with Crippen LogP contribution in [-0.4, -0.2) is 19.2 Å². The van der Waals surface area contributed by atoms with Crippen molar-refractivity contribution in [1.29, 1.82) is 0 Å². The summed E-state index contributed by atoms with van der Waals surface area (Å²) >= 11 is 0. The summed E-state index contributed by atoms with van der Waals surface area (Å²) < 4.78 is 10.7. The van der Waals surface area contributed by atoms with Gasteiger partial charge in [0.05, 0.1) is 13.7 Å². The Morgan fingerprint density at radius 3 is 2.68 bits per heavy atom. The van der Waals surface area contributed by atoms with Crippen LogP contribution in [0, 0.1) is 0 Å². The molecule has 114 valence electrons. The maximum atomic E-state index is 5.90. The molecule has 0 radical (unpaired) electrons. The van der Waals surface area contributed by atoms with E-state index >= 15 is 0 Å². The van der Waals surface area contributed by atoms with Crippen LogP contribution in [0.3, 0.4) is 0 Å². The van der Waals surface area contributed by atoms with Gasteiger partial charge in [-0.15, -0.1) is 0 Å². The molecule has 3 aromatic rings. The molecule has 2 aromatic carbocycles. The zero-order chi connectivity index (χ0) is 15.5. The third-order valence-corrected chi connectivity index (χ3v) is 3.83. The van der Waals surface area contributed by atoms with Crippen molar-refractivity contribution in [2.24, 2.45) is 0 Å². The molecule has 1 heterocycles. The second kappa shape index (κ2) is 6.12. The van der Waals surface area contributed by atoms with E-state index in [1.807, 2.05) is 30.5 Å². The summed E-state index contributed by atoms with van der Waals surface area (Å²) in [4.78, 5) is 3.29. The molecule has 1 aromatic heterocycles. The molecule has 0 amide bonds. The molecule has 22 heavy (non-hydrogen) atoms. The molecule has 0 spiro atoms. The summed E-state index contributed by atoms with van der Waals surface area (Å²) in [5.41, 5.74) is 11.2. The number of nitrogens with two attached hydrogens (primary N) is 1. The monoisotopic (exact) mass is 296 g/mol. The molecule has 4 heteroatoms. The van der Waals surface area contributed by atoms with Crippen LogP contribution in [0.4, 0.5) is 5.69 Å². The van der Waals surface area contributed by atoms with E-state index in [1.54, 1.807) is 14.2 Å². The van der Waals surface area contributed by atoms with E-state index in [2.05, 4.69) is 17.1 Å². The summed E-state index contributed by atoms with van der Waals surface area (Å²) in [6.07, 6.45) is 2.83. The number of hydrogen-bond acceptors (Lipinski definition) is 3.